The van der Waals surface area contributed by atoms with Crippen LogP contribution in [0.25, 0.3) is 0 Å². The zero-order valence-corrected chi connectivity index (χ0v) is 6.93. The Morgan fingerprint density at radius 1 is 1.40 bits per heavy atom. The predicted octanol–water partition coefficient (Wildman–Crippen LogP) is 1.20. The molecule has 2 nitrogen and oxygen atoms in total. The van der Waals surface area contributed by atoms with Crippen molar-refractivity contribution in [2.75, 3.05) is 14.1 Å². The molecular formula is C8H13NO. The van der Waals surface area contributed by atoms with Crippen LogP contribution in [-0.4, -0.2) is 24.8 Å². The van der Waals surface area contributed by atoms with Crippen LogP contribution in [0.3, 0.4) is 0 Å². The first kappa shape index (κ1) is 8.99. The van der Waals surface area contributed by atoms with Crippen LogP contribution in [0.15, 0.2) is 17.5 Å². The highest BCUT2D eigenvalue weighted by Gasteiger charge is 1.90. The van der Waals surface area contributed by atoms with Crippen LogP contribution in [0.1, 0.15) is 13.8 Å². The van der Waals surface area contributed by atoms with E-state index in [-0.39, 0.29) is 5.78 Å². The lowest BCUT2D eigenvalue weighted by Crippen LogP contribution is -1.99. The Morgan fingerprint density at radius 3 is 2.20 bits per heavy atom. The standard InChI is InChI=1S/C8H13NO/c1-7(8(2)10)5-6-9(3)4/h6H,1-4H3. The van der Waals surface area contributed by atoms with Gasteiger partial charge in [0.05, 0.1) is 0 Å². The molecule has 10 heavy (non-hydrogen) atoms. The van der Waals surface area contributed by atoms with Gasteiger partial charge in [0.1, 0.15) is 0 Å². The van der Waals surface area contributed by atoms with Crippen LogP contribution in [0.2, 0.25) is 0 Å². The predicted molar refractivity (Wildman–Crippen MR) is 41.6 cm³/mol. The SMILES string of the molecule is CC(=O)C(C)=C=CN(C)C. The van der Waals surface area contributed by atoms with E-state index in [1.807, 2.05) is 19.0 Å². The van der Waals surface area contributed by atoms with Gasteiger partial charge in [-0.05, 0) is 13.8 Å². The molecule has 0 radical (unpaired) electrons. The van der Waals surface area contributed by atoms with E-state index in [0.717, 1.165) is 0 Å². The second kappa shape index (κ2) is 3.91. The molecule has 0 aliphatic heterocycles. The fourth-order valence-corrected chi connectivity index (χ4v) is 0.328. The van der Waals surface area contributed by atoms with Crippen molar-refractivity contribution in [3.63, 3.8) is 0 Å². The topological polar surface area (TPSA) is 20.3 Å². The Bertz CT molecular complexity index is 185. The van der Waals surface area contributed by atoms with Crippen molar-refractivity contribution in [2.45, 2.75) is 13.8 Å². The van der Waals surface area contributed by atoms with Crippen molar-refractivity contribution in [3.05, 3.63) is 17.5 Å². The lowest BCUT2D eigenvalue weighted by molar-refractivity contribution is -0.113. The van der Waals surface area contributed by atoms with E-state index in [1.54, 1.807) is 13.1 Å². The number of carbonyl (C=O) groups excluding carboxylic acids is 1. The van der Waals surface area contributed by atoms with Crippen LogP contribution in [0, 0.1) is 0 Å². The zero-order valence-electron chi connectivity index (χ0n) is 6.93. The number of hydrogen-bond donors (Lipinski definition) is 0. The summed E-state index contributed by atoms with van der Waals surface area (Å²) in [5, 5.41) is 0. The maximum absolute atomic E-state index is 10.6. The third-order valence-corrected chi connectivity index (χ3v) is 1.07. The average Bonchev–Trinajstić information content (AvgIpc) is 1.82. The zero-order chi connectivity index (χ0) is 8.15. The fraction of sp³-hybridized carbons (Fsp3) is 0.500. The molecule has 0 amide bonds. The van der Waals surface area contributed by atoms with Crippen molar-refractivity contribution < 1.29 is 4.79 Å². The van der Waals surface area contributed by atoms with Crippen molar-refractivity contribution in [3.8, 4) is 0 Å². The van der Waals surface area contributed by atoms with Gasteiger partial charge in [0, 0.05) is 25.9 Å². The summed E-state index contributed by atoms with van der Waals surface area (Å²) in [5.41, 5.74) is 3.51. The largest absolute Gasteiger partial charge is 0.377 e. The molecule has 0 unspecified atom stereocenters. The molecule has 0 saturated heterocycles. The monoisotopic (exact) mass is 139 g/mol. The van der Waals surface area contributed by atoms with Gasteiger partial charge in [-0.15, -0.1) is 0 Å². The smallest absolute Gasteiger partial charge is 0.163 e. The quantitative estimate of drug-likeness (QED) is 0.423. The van der Waals surface area contributed by atoms with Crippen molar-refractivity contribution in [2.24, 2.45) is 0 Å². The van der Waals surface area contributed by atoms with Gasteiger partial charge in [0.25, 0.3) is 0 Å². The van der Waals surface area contributed by atoms with E-state index in [9.17, 15) is 4.79 Å². The summed E-state index contributed by atoms with van der Waals surface area (Å²) >= 11 is 0. The number of nitrogens with zero attached hydrogens (tertiary/aromatic N) is 1. The first-order valence-electron chi connectivity index (χ1n) is 3.15. The molecule has 0 atom stereocenters. The maximum Gasteiger partial charge on any atom is 0.163 e. The Hall–Kier alpha value is -1.01. The summed E-state index contributed by atoms with van der Waals surface area (Å²) in [6.45, 7) is 3.29. The third-order valence-electron chi connectivity index (χ3n) is 1.07. The van der Waals surface area contributed by atoms with Crippen LogP contribution in [-0.2, 0) is 4.79 Å². The number of ketones is 1. The molecule has 0 rings (SSSR count). The third kappa shape index (κ3) is 3.93. The summed E-state index contributed by atoms with van der Waals surface area (Å²) < 4.78 is 0. The van der Waals surface area contributed by atoms with Crippen LogP contribution in [0.4, 0.5) is 0 Å². The first-order chi connectivity index (χ1) is 4.54. The van der Waals surface area contributed by atoms with E-state index in [4.69, 9.17) is 0 Å². The van der Waals surface area contributed by atoms with Gasteiger partial charge in [-0.1, -0.05) is 5.73 Å². The Morgan fingerprint density at radius 2 is 1.90 bits per heavy atom. The molecule has 2 heteroatoms. The second-order valence-electron chi connectivity index (χ2n) is 2.42. The summed E-state index contributed by atoms with van der Waals surface area (Å²) in [4.78, 5) is 12.5. The molecule has 0 aromatic rings. The highest BCUT2D eigenvalue weighted by Crippen LogP contribution is 1.89. The molecule has 0 bridgehead atoms. The number of allylic oxidation sites excluding steroid dienone is 1. The lowest BCUT2D eigenvalue weighted by Gasteiger charge is -1.99. The summed E-state index contributed by atoms with van der Waals surface area (Å²) in [6.07, 6.45) is 1.73. The molecule has 0 spiro atoms. The van der Waals surface area contributed by atoms with E-state index >= 15 is 0 Å². The van der Waals surface area contributed by atoms with Gasteiger partial charge >= 0.3 is 0 Å². The second-order valence-corrected chi connectivity index (χ2v) is 2.42. The van der Waals surface area contributed by atoms with E-state index < -0.39 is 0 Å². The molecule has 0 fully saturated rings. The lowest BCUT2D eigenvalue weighted by atomic mass is 10.2. The molecular weight excluding hydrogens is 126 g/mol. The first-order valence-corrected chi connectivity index (χ1v) is 3.15. The fourth-order valence-electron chi connectivity index (χ4n) is 0.328. The van der Waals surface area contributed by atoms with E-state index in [2.05, 4.69) is 5.73 Å². The minimum absolute atomic E-state index is 0.0677. The van der Waals surface area contributed by atoms with Gasteiger partial charge in [0.15, 0.2) is 5.78 Å². The Labute approximate surface area is 61.8 Å². The molecule has 0 heterocycles. The summed E-state index contributed by atoms with van der Waals surface area (Å²) in [7, 11) is 3.78. The van der Waals surface area contributed by atoms with Crippen LogP contribution >= 0.6 is 0 Å². The Kier molecular flexibility index (Phi) is 3.52. The van der Waals surface area contributed by atoms with Gasteiger partial charge in [0.2, 0.25) is 0 Å². The van der Waals surface area contributed by atoms with Crippen LogP contribution < -0.4 is 0 Å². The Balaban J connectivity index is 4.29. The molecule has 0 saturated carbocycles. The van der Waals surface area contributed by atoms with Crippen molar-refractivity contribution in [1.82, 2.24) is 4.90 Å². The number of Topliss-reactive ketones (excluding diaryl/α,β-unsaturated/α-hetero) is 1. The number of rotatable bonds is 2. The minimum Gasteiger partial charge on any atom is -0.377 e. The highest BCUT2D eigenvalue weighted by molar-refractivity contribution is 5.92. The molecule has 0 aromatic heterocycles. The molecule has 56 valence electrons. The molecule has 0 aliphatic rings. The van der Waals surface area contributed by atoms with Gasteiger partial charge < -0.3 is 4.90 Å². The normalized spacial score (nSPS) is 8.00. The van der Waals surface area contributed by atoms with E-state index in [0.29, 0.717) is 5.57 Å². The van der Waals surface area contributed by atoms with Crippen LogP contribution in [0.5, 0.6) is 0 Å². The minimum atomic E-state index is 0.0677. The molecule has 0 aromatic carbocycles. The summed E-state index contributed by atoms with van der Waals surface area (Å²) in [5.74, 6) is 0.0677. The van der Waals surface area contributed by atoms with Crippen molar-refractivity contribution in [1.29, 1.82) is 0 Å². The molecule has 0 aliphatic carbocycles. The van der Waals surface area contributed by atoms with Crippen molar-refractivity contribution >= 4 is 5.78 Å². The average molecular weight is 139 g/mol. The number of carbonyl (C=O) groups is 1. The highest BCUT2D eigenvalue weighted by atomic mass is 16.1. The van der Waals surface area contributed by atoms with Gasteiger partial charge in [-0.25, -0.2) is 0 Å². The maximum atomic E-state index is 10.6. The molecule has 0 N–H and O–H groups in total. The van der Waals surface area contributed by atoms with Gasteiger partial charge in [-0.2, -0.15) is 0 Å². The number of hydrogen-bond acceptors (Lipinski definition) is 2. The van der Waals surface area contributed by atoms with E-state index in [1.165, 1.54) is 6.92 Å². The summed E-state index contributed by atoms with van der Waals surface area (Å²) in [6, 6.07) is 0. The van der Waals surface area contributed by atoms with Gasteiger partial charge in [-0.3, -0.25) is 4.79 Å².